The van der Waals surface area contributed by atoms with Gasteiger partial charge in [0.1, 0.15) is 0 Å². The molecule has 2 fully saturated rings. The predicted octanol–water partition coefficient (Wildman–Crippen LogP) is 2.96. The fourth-order valence-electron chi connectivity index (χ4n) is 3.79. The third kappa shape index (κ3) is 5.61. The van der Waals surface area contributed by atoms with E-state index in [1.54, 1.807) is 4.31 Å². The molecule has 1 saturated heterocycles. The quantitative estimate of drug-likeness (QED) is 0.519. The van der Waals surface area contributed by atoms with Crippen molar-refractivity contribution in [2.24, 2.45) is 4.99 Å². The van der Waals surface area contributed by atoms with Crippen molar-refractivity contribution in [2.45, 2.75) is 57.5 Å². The number of guanidine groups is 1. The summed E-state index contributed by atoms with van der Waals surface area (Å²) in [5.74, 6) is 1.53. The number of aliphatic imine (C=N–C) groups is 1. The van der Waals surface area contributed by atoms with Gasteiger partial charge in [0.15, 0.2) is 5.96 Å². The average molecular weight is 427 g/mol. The van der Waals surface area contributed by atoms with Gasteiger partial charge in [-0.25, -0.2) is 12.7 Å². The van der Waals surface area contributed by atoms with Gasteiger partial charge in [-0.15, -0.1) is 0 Å². The van der Waals surface area contributed by atoms with E-state index in [0.29, 0.717) is 38.0 Å². The van der Waals surface area contributed by atoms with E-state index in [1.165, 1.54) is 5.56 Å². The Kier molecular flexibility index (Phi) is 7.23. The van der Waals surface area contributed by atoms with Crippen molar-refractivity contribution < 1.29 is 8.42 Å². The summed E-state index contributed by atoms with van der Waals surface area (Å²) < 4.78 is 26.1. The van der Waals surface area contributed by atoms with Crippen molar-refractivity contribution in [3.8, 4) is 0 Å². The highest BCUT2D eigenvalue weighted by Gasteiger charge is 2.39. The van der Waals surface area contributed by atoms with E-state index in [9.17, 15) is 8.42 Å². The summed E-state index contributed by atoms with van der Waals surface area (Å²) >= 11 is 6.11. The van der Waals surface area contributed by atoms with Crippen LogP contribution in [-0.4, -0.2) is 56.2 Å². The van der Waals surface area contributed by atoms with Gasteiger partial charge in [0.25, 0.3) is 0 Å². The molecular weight excluding hydrogens is 396 g/mol. The van der Waals surface area contributed by atoms with Crippen LogP contribution in [0.1, 0.15) is 51.0 Å². The van der Waals surface area contributed by atoms with E-state index in [1.807, 2.05) is 32.0 Å². The molecule has 1 aliphatic heterocycles. The van der Waals surface area contributed by atoms with Crippen LogP contribution < -0.4 is 10.6 Å². The monoisotopic (exact) mass is 426 g/mol. The third-order valence-electron chi connectivity index (χ3n) is 5.36. The van der Waals surface area contributed by atoms with Gasteiger partial charge in [0.2, 0.25) is 10.0 Å². The zero-order valence-corrected chi connectivity index (χ0v) is 18.3. The number of halogens is 1. The van der Waals surface area contributed by atoms with Crippen molar-refractivity contribution in [1.29, 1.82) is 0 Å². The average Bonchev–Trinajstić information content (AvgIpc) is 3.41. The Morgan fingerprint density at radius 3 is 2.64 bits per heavy atom. The molecule has 1 saturated carbocycles. The Morgan fingerprint density at radius 2 is 2.00 bits per heavy atom. The van der Waals surface area contributed by atoms with Crippen molar-refractivity contribution in [2.75, 3.05) is 25.4 Å². The zero-order chi connectivity index (χ0) is 20.1. The van der Waals surface area contributed by atoms with Gasteiger partial charge in [-0.2, -0.15) is 0 Å². The highest BCUT2D eigenvalue weighted by atomic mass is 35.5. The van der Waals surface area contributed by atoms with Gasteiger partial charge in [0, 0.05) is 42.7 Å². The van der Waals surface area contributed by atoms with Crippen LogP contribution in [0.15, 0.2) is 29.3 Å². The van der Waals surface area contributed by atoms with Crippen LogP contribution in [0, 0.1) is 0 Å². The van der Waals surface area contributed by atoms with E-state index >= 15 is 0 Å². The van der Waals surface area contributed by atoms with Gasteiger partial charge in [-0.3, -0.25) is 4.99 Å². The molecule has 0 spiro atoms. The van der Waals surface area contributed by atoms with Crippen LogP contribution in [0.25, 0.3) is 0 Å². The number of rotatable bonds is 7. The molecule has 0 bridgehead atoms. The van der Waals surface area contributed by atoms with Crippen molar-refractivity contribution in [1.82, 2.24) is 14.9 Å². The van der Waals surface area contributed by atoms with Crippen LogP contribution in [0.5, 0.6) is 0 Å². The smallest absolute Gasteiger partial charge is 0.214 e. The second-order valence-corrected chi connectivity index (χ2v) is 10.1. The third-order valence-corrected chi connectivity index (χ3v) is 7.67. The summed E-state index contributed by atoms with van der Waals surface area (Å²) in [5, 5.41) is 7.81. The van der Waals surface area contributed by atoms with Crippen molar-refractivity contribution in [3.63, 3.8) is 0 Å². The number of hydrogen-bond acceptors (Lipinski definition) is 3. The van der Waals surface area contributed by atoms with Crippen molar-refractivity contribution >= 4 is 27.6 Å². The lowest BCUT2D eigenvalue weighted by atomic mass is 10.1. The standard InChI is InChI=1S/C20H31ClN4O2S/c1-3-12-28(26,27)25-10-8-17(9-11-25)23-20(22-4-2)24-19-14-18(19)15-6-5-7-16(21)13-15/h5-7,13,17-19H,3-4,8-12,14H2,1-2H3,(H2,22,23,24). The Balaban J connectivity index is 1.51. The molecule has 3 rings (SSSR count). The molecule has 156 valence electrons. The first kappa shape index (κ1) is 21.4. The van der Waals surface area contributed by atoms with E-state index in [4.69, 9.17) is 11.6 Å². The minimum Gasteiger partial charge on any atom is -0.354 e. The van der Waals surface area contributed by atoms with Crippen LogP contribution in [0.2, 0.25) is 5.02 Å². The number of nitrogens with zero attached hydrogens (tertiary/aromatic N) is 2. The second-order valence-electron chi connectivity index (χ2n) is 7.60. The summed E-state index contributed by atoms with van der Waals surface area (Å²) in [6.45, 7) is 5.78. The molecule has 1 heterocycles. The van der Waals surface area contributed by atoms with Gasteiger partial charge in [-0.05, 0) is 50.3 Å². The molecule has 0 aromatic heterocycles. The van der Waals surface area contributed by atoms with Crippen LogP contribution in [0.4, 0.5) is 0 Å². The van der Waals surface area contributed by atoms with E-state index in [-0.39, 0.29) is 11.8 Å². The fraction of sp³-hybridized carbons (Fsp3) is 0.650. The molecule has 1 aliphatic carbocycles. The molecule has 1 aromatic carbocycles. The maximum atomic E-state index is 12.2. The predicted molar refractivity (Wildman–Crippen MR) is 116 cm³/mol. The Bertz CT molecular complexity index is 791. The van der Waals surface area contributed by atoms with Crippen LogP contribution in [-0.2, 0) is 10.0 Å². The zero-order valence-electron chi connectivity index (χ0n) is 16.7. The van der Waals surface area contributed by atoms with E-state index in [0.717, 1.165) is 30.2 Å². The minimum absolute atomic E-state index is 0.238. The van der Waals surface area contributed by atoms with E-state index in [2.05, 4.69) is 21.7 Å². The summed E-state index contributed by atoms with van der Waals surface area (Å²) in [5.41, 5.74) is 1.26. The molecule has 6 nitrogen and oxygen atoms in total. The lowest BCUT2D eigenvalue weighted by Crippen LogP contribution is -2.50. The topological polar surface area (TPSA) is 73.8 Å². The van der Waals surface area contributed by atoms with E-state index < -0.39 is 10.0 Å². The maximum absolute atomic E-state index is 12.2. The first-order chi connectivity index (χ1) is 13.4. The number of benzene rings is 1. The normalized spacial score (nSPS) is 24.2. The van der Waals surface area contributed by atoms with Gasteiger partial charge in [0.05, 0.1) is 5.75 Å². The Hall–Kier alpha value is -1.31. The highest BCUT2D eigenvalue weighted by Crippen LogP contribution is 2.41. The summed E-state index contributed by atoms with van der Waals surface area (Å²) in [6, 6.07) is 8.65. The minimum atomic E-state index is -3.10. The molecule has 2 N–H and O–H groups in total. The van der Waals surface area contributed by atoms with Crippen LogP contribution >= 0.6 is 11.6 Å². The molecule has 1 aromatic rings. The lowest BCUT2D eigenvalue weighted by Gasteiger charge is -2.32. The lowest BCUT2D eigenvalue weighted by molar-refractivity contribution is 0.306. The maximum Gasteiger partial charge on any atom is 0.214 e. The van der Waals surface area contributed by atoms with Crippen LogP contribution in [0.3, 0.4) is 0 Å². The summed E-state index contributed by atoms with van der Waals surface area (Å²) in [6.07, 6.45) is 3.33. The molecule has 0 radical (unpaired) electrons. The molecular formula is C20H31ClN4O2S. The Morgan fingerprint density at radius 1 is 1.25 bits per heavy atom. The molecule has 2 atom stereocenters. The van der Waals surface area contributed by atoms with Gasteiger partial charge in [-0.1, -0.05) is 30.7 Å². The summed E-state index contributed by atoms with van der Waals surface area (Å²) in [7, 11) is -3.10. The second kappa shape index (κ2) is 9.46. The fourth-order valence-corrected chi connectivity index (χ4v) is 5.53. The largest absolute Gasteiger partial charge is 0.354 e. The molecule has 2 aliphatic rings. The molecule has 28 heavy (non-hydrogen) atoms. The van der Waals surface area contributed by atoms with Crippen molar-refractivity contribution in [3.05, 3.63) is 34.9 Å². The first-order valence-corrected chi connectivity index (χ1v) is 12.2. The molecule has 8 heteroatoms. The summed E-state index contributed by atoms with van der Waals surface area (Å²) in [4.78, 5) is 4.58. The SMILES string of the molecule is CCCS(=O)(=O)N1CCC(NC(=NCC)NC2CC2c2cccc(Cl)c2)CC1. The Labute approximate surface area is 173 Å². The van der Waals surface area contributed by atoms with Gasteiger partial charge < -0.3 is 10.6 Å². The number of hydrogen-bond donors (Lipinski definition) is 2. The molecule has 2 unspecified atom stereocenters. The first-order valence-electron chi connectivity index (χ1n) is 10.2. The number of nitrogens with one attached hydrogen (secondary N) is 2. The number of piperidine rings is 1. The van der Waals surface area contributed by atoms with Gasteiger partial charge >= 0.3 is 0 Å². The molecule has 0 amide bonds. The number of sulfonamides is 1. The highest BCUT2D eigenvalue weighted by molar-refractivity contribution is 7.89.